The molecule has 3 heteroatoms. The van der Waals surface area contributed by atoms with Crippen molar-refractivity contribution in [2.75, 3.05) is 6.54 Å². The van der Waals surface area contributed by atoms with Crippen molar-refractivity contribution in [3.8, 4) is 0 Å². The van der Waals surface area contributed by atoms with E-state index in [1.165, 1.54) is 21.6 Å². The number of thiophene rings is 1. The van der Waals surface area contributed by atoms with Gasteiger partial charge >= 0.3 is 0 Å². The molecule has 0 saturated carbocycles. The summed E-state index contributed by atoms with van der Waals surface area (Å²) in [5.74, 6) is 0.281. The first kappa shape index (κ1) is 16.3. The van der Waals surface area contributed by atoms with Gasteiger partial charge in [0.1, 0.15) is 0 Å². The Hall–Kier alpha value is -1.61. The van der Waals surface area contributed by atoms with Crippen LogP contribution in [-0.2, 0) is 29.6 Å². The molecule has 0 radical (unpaired) electrons. The molecule has 2 heterocycles. The Morgan fingerprint density at radius 3 is 2.61 bits per heavy atom. The summed E-state index contributed by atoms with van der Waals surface area (Å²) in [5.41, 5.74) is 4.20. The molecule has 1 aromatic heterocycles. The van der Waals surface area contributed by atoms with E-state index in [1.807, 2.05) is 4.90 Å². The van der Waals surface area contributed by atoms with Gasteiger partial charge in [-0.2, -0.15) is 0 Å². The molecule has 0 unspecified atom stereocenters. The highest BCUT2D eigenvalue weighted by molar-refractivity contribution is 7.10. The minimum absolute atomic E-state index is 0.181. The van der Waals surface area contributed by atoms with E-state index >= 15 is 0 Å². The quantitative estimate of drug-likeness (QED) is 0.809. The Balaban J connectivity index is 1.55. The Labute approximate surface area is 143 Å². The minimum atomic E-state index is 0.181. The molecule has 23 heavy (non-hydrogen) atoms. The number of rotatable bonds is 3. The van der Waals surface area contributed by atoms with E-state index in [4.69, 9.17) is 0 Å². The number of hydrogen-bond acceptors (Lipinski definition) is 2. The zero-order chi connectivity index (χ0) is 16.4. The van der Waals surface area contributed by atoms with Crippen molar-refractivity contribution < 1.29 is 4.79 Å². The topological polar surface area (TPSA) is 20.3 Å². The summed E-state index contributed by atoms with van der Waals surface area (Å²) < 4.78 is 0. The van der Waals surface area contributed by atoms with Crippen LogP contribution in [0.3, 0.4) is 0 Å². The van der Waals surface area contributed by atoms with Crippen LogP contribution in [0.15, 0.2) is 35.7 Å². The molecular formula is C20H25NOS. The van der Waals surface area contributed by atoms with Crippen LogP contribution in [0.1, 0.15) is 48.8 Å². The molecule has 1 aliphatic heterocycles. The van der Waals surface area contributed by atoms with Gasteiger partial charge in [0.25, 0.3) is 0 Å². The van der Waals surface area contributed by atoms with E-state index in [2.05, 4.69) is 56.5 Å². The predicted octanol–water partition coefficient (Wildman–Crippen LogP) is 4.56. The number of aryl methyl sites for hydroxylation is 1. The molecule has 2 aromatic rings. The molecule has 0 aliphatic carbocycles. The third-order valence-corrected chi connectivity index (χ3v) is 5.57. The van der Waals surface area contributed by atoms with Gasteiger partial charge in [0, 0.05) is 17.8 Å². The van der Waals surface area contributed by atoms with Crippen molar-refractivity contribution in [1.82, 2.24) is 4.90 Å². The van der Waals surface area contributed by atoms with Crippen LogP contribution in [0.25, 0.3) is 0 Å². The summed E-state index contributed by atoms with van der Waals surface area (Å²) in [4.78, 5) is 15.8. The minimum Gasteiger partial charge on any atom is -0.337 e. The van der Waals surface area contributed by atoms with E-state index in [-0.39, 0.29) is 11.3 Å². The van der Waals surface area contributed by atoms with Crippen LogP contribution in [0, 0.1) is 0 Å². The molecule has 2 nitrogen and oxygen atoms in total. The second-order valence-electron chi connectivity index (χ2n) is 7.38. The van der Waals surface area contributed by atoms with Crippen LogP contribution < -0.4 is 0 Å². The molecule has 122 valence electrons. The summed E-state index contributed by atoms with van der Waals surface area (Å²) in [5, 5.41) is 2.13. The van der Waals surface area contributed by atoms with Crippen molar-refractivity contribution in [3.05, 3.63) is 57.3 Å². The molecule has 0 atom stereocenters. The average Bonchev–Trinajstić information content (AvgIpc) is 2.99. The van der Waals surface area contributed by atoms with Crippen LogP contribution in [0.5, 0.6) is 0 Å². The SMILES string of the molecule is CC(C)(C)c1ccc(CCC(=O)N2CCc3ccsc3C2)cc1. The van der Waals surface area contributed by atoms with E-state index in [0.717, 1.165) is 25.9 Å². The van der Waals surface area contributed by atoms with Gasteiger partial charge in [-0.1, -0.05) is 45.0 Å². The normalized spacial score (nSPS) is 14.7. The summed E-state index contributed by atoms with van der Waals surface area (Å²) in [6.07, 6.45) is 2.44. The number of carbonyl (C=O) groups excluding carboxylic acids is 1. The maximum atomic E-state index is 12.5. The second kappa shape index (κ2) is 6.48. The second-order valence-corrected chi connectivity index (χ2v) is 8.38. The van der Waals surface area contributed by atoms with E-state index in [0.29, 0.717) is 6.42 Å². The van der Waals surface area contributed by atoms with Crippen molar-refractivity contribution in [3.63, 3.8) is 0 Å². The monoisotopic (exact) mass is 327 g/mol. The fourth-order valence-corrected chi connectivity index (χ4v) is 3.98. The Morgan fingerprint density at radius 2 is 1.91 bits per heavy atom. The molecule has 1 aromatic carbocycles. The number of fused-ring (bicyclic) bond motifs is 1. The number of amides is 1. The zero-order valence-corrected chi connectivity index (χ0v) is 15.1. The number of benzene rings is 1. The molecule has 1 amide bonds. The molecule has 1 aliphatic rings. The Bertz CT molecular complexity index is 678. The number of hydrogen-bond donors (Lipinski definition) is 0. The van der Waals surface area contributed by atoms with Gasteiger partial charge in [-0.15, -0.1) is 11.3 Å². The average molecular weight is 327 g/mol. The maximum Gasteiger partial charge on any atom is 0.223 e. The Morgan fingerprint density at radius 1 is 1.17 bits per heavy atom. The van der Waals surface area contributed by atoms with Crippen LogP contribution >= 0.6 is 11.3 Å². The first-order chi connectivity index (χ1) is 10.9. The van der Waals surface area contributed by atoms with Gasteiger partial charge in [-0.25, -0.2) is 0 Å². The van der Waals surface area contributed by atoms with Gasteiger partial charge in [-0.05, 0) is 46.4 Å². The molecule has 0 N–H and O–H groups in total. The van der Waals surface area contributed by atoms with Crippen molar-refractivity contribution in [1.29, 1.82) is 0 Å². The van der Waals surface area contributed by atoms with E-state index in [9.17, 15) is 4.79 Å². The fraction of sp³-hybridized carbons (Fsp3) is 0.450. The lowest BCUT2D eigenvalue weighted by Gasteiger charge is -2.27. The summed E-state index contributed by atoms with van der Waals surface area (Å²) in [6, 6.07) is 10.9. The lowest BCUT2D eigenvalue weighted by Crippen LogP contribution is -2.35. The molecule has 0 saturated heterocycles. The van der Waals surface area contributed by atoms with Crippen molar-refractivity contribution in [2.45, 2.75) is 52.0 Å². The van der Waals surface area contributed by atoms with Gasteiger partial charge in [0.2, 0.25) is 5.91 Å². The largest absolute Gasteiger partial charge is 0.337 e. The lowest BCUT2D eigenvalue weighted by molar-refractivity contribution is -0.132. The third-order valence-electron chi connectivity index (χ3n) is 4.62. The van der Waals surface area contributed by atoms with Gasteiger partial charge in [0.05, 0.1) is 6.54 Å². The summed E-state index contributed by atoms with van der Waals surface area (Å²) in [6.45, 7) is 8.34. The van der Waals surface area contributed by atoms with Gasteiger partial charge in [-0.3, -0.25) is 4.79 Å². The lowest BCUT2D eigenvalue weighted by atomic mass is 9.86. The van der Waals surface area contributed by atoms with Crippen LogP contribution in [-0.4, -0.2) is 17.4 Å². The third kappa shape index (κ3) is 3.84. The van der Waals surface area contributed by atoms with Crippen LogP contribution in [0.2, 0.25) is 0 Å². The Kier molecular flexibility index (Phi) is 4.58. The van der Waals surface area contributed by atoms with Gasteiger partial charge < -0.3 is 4.90 Å². The standard InChI is InChI=1S/C20H25NOS/c1-20(2,3)17-7-4-15(5-8-17)6-9-19(22)21-12-10-16-11-13-23-18(16)14-21/h4-5,7-8,11,13H,6,9-10,12,14H2,1-3H3. The summed E-state index contributed by atoms with van der Waals surface area (Å²) in [7, 11) is 0. The highest BCUT2D eigenvalue weighted by Gasteiger charge is 2.21. The first-order valence-corrected chi connectivity index (χ1v) is 9.24. The highest BCUT2D eigenvalue weighted by Crippen LogP contribution is 2.25. The number of nitrogens with zero attached hydrogens (tertiary/aromatic N) is 1. The first-order valence-electron chi connectivity index (χ1n) is 8.36. The highest BCUT2D eigenvalue weighted by atomic mass is 32.1. The van der Waals surface area contributed by atoms with E-state index in [1.54, 1.807) is 11.3 Å². The fourth-order valence-electron chi connectivity index (χ4n) is 3.03. The summed E-state index contributed by atoms with van der Waals surface area (Å²) >= 11 is 1.77. The molecule has 3 rings (SSSR count). The zero-order valence-electron chi connectivity index (χ0n) is 14.3. The van der Waals surface area contributed by atoms with Crippen LogP contribution in [0.4, 0.5) is 0 Å². The predicted molar refractivity (Wildman–Crippen MR) is 96.9 cm³/mol. The number of carbonyl (C=O) groups is 1. The van der Waals surface area contributed by atoms with Crippen molar-refractivity contribution >= 4 is 17.2 Å². The molecule has 0 bridgehead atoms. The molecule has 0 spiro atoms. The smallest absolute Gasteiger partial charge is 0.223 e. The molecular weight excluding hydrogens is 302 g/mol. The van der Waals surface area contributed by atoms with Gasteiger partial charge in [0.15, 0.2) is 0 Å². The molecule has 0 fully saturated rings. The van der Waals surface area contributed by atoms with Crippen molar-refractivity contribution in [2.24, 2.45) is 0 Å². The maximum absolute atomic E-state index is 12.5. The van der Waals surface area contributed by atoms with E-state index < -0.39 is 0 Å².